The average molecular weight is 450 g/mol. The van der Waals surface area contributed by atoms with Crippen LogP contribution < -0.4 is 10.2 Å². The smallest absolute Gasteiger partial charge is 0.269 e. The molecular weight excluding hydrogens is 428 g/mol. The van der Waals surface area contributed by atoms with E-state index in [4.69, 9.17) is 0 Å². The van der Waals surface area contributed by atoms with Crippen molar-refractivity contribution in [1.29, 1.82) is 0 Å². The highest BCUT2D eigenvalue weighted by Crippen LogP contribution is 2.32. The fraction of sp³-hybridized carbons (Fsp3) is 0.227. The van der Waals surface area contributed by atoms with E-state index in [0.29, 0.717) is 30.2 Å². The van der Waals surface area contributed by atoms with Crippen LogP contribution in [0.25, 0.3) is 0 Å². The molecule has 170 valence electrons. The quantitative estimate of drug-likeness (QED) is 0.267. The van der Waals surface area contributed by atoms with Gasteiger partial charge in [0.25, 0.3) is 17.5 Å². The number of non-ortho nitro benzene ring substituents is 1. The summed E-state index contributed by atoms with van der Waals surface area (Å²) in [4.78, 5) is 48.7. The number of azo groups is 1. The highest BCUT2D eigenvalue weighted by atomic mass is 16.6. The van der Waals surface area contributed by atoms with E-state index in [9.17, 15) is 24.5 Å². The van der Waals surface area contributed by atoms with Gasteiger partial charge in [0, 0.05) is 56.5 Å². The maximum Gasteiger partial charge on any atom is 0.269 e. The molecule has 0 saturated carbocycles. The van der Waals surface area contributed by atoms with Gasteiger partial charge in [-0.3, -0.25) is 29.4 Å². The van der Waals surface area contributed by atoms with Crippen LogP contribution in [0.3, 0.4) is 0 Å². The SMILES string of the molecule is CCN(CCN1C(=O)C=CC1=O)c1ccc(N=Nc2ccc([N+](=O)[O-])cc2)c(NC(C)=O)c1. The molecule has 0 aliphatic carbocycles. The second-order valence-electron chi connectivity index (χ2n) is 7.10. The van der Waals surface area contributed by atoms with Gasteiger partial charge in [-0.2, -0.15) is 5.11 Å². The predicted molar refractivity (Wildman–Crippen MR) is 122 cm³/mol. The van der Waals surface area contributed by atoms with Crippen LogP contribution in [0.5, 0.6) is 0 Å². The Bertz CT molecular complexity index is 1120. The van der Waals surface area contributed by atoms with E-state index in [2.05, 4.69) is 15.5 Å². The summed E-state index contributed by atoms with van der Waals surface area (Å²) < 4.78 is 0. The monoisotopic (exact) mass is 450 g/mol. The van der Waals surface area contributed by atoms with Gasteiger partial charge in [0.1, 0.15) is 5.69 Å². The van der Waals surface area contributed by atoms with Crippen LogP contribution >= 0.6 is 0 Å². The summed E-state index contributed by atoms with van der Waals surface area (Å²) in [7, 11) is 0. The van der Waals surface area contributed by atoms with Gasteiger partial charge in [-0.25, -0.2) is 0 Å². The van der Waals surface area contributed by atoms with Crippen molar-refractivity contribution in [3.63, 3.8) is 0 Å². The topological polar surface area (TPSA) is 138 Å². The van der Waals surface area contributed by atoms with Gasteiger partial charge in [0.2, 0.25) is 5.91 Å². The van der Waals surface area contributed by atoms with Crippen molar-refractivity contribution in [2.24, 2.45) is 10.2 Å². The van der Waals surface area contributed by atoms with Gasteiger partial charge in [-0.15, -0.1) is 5.11 Å². The Morgan fingerprint density at radius 1 is 1.09 bits per heavy atom. The summed E-state index contributed by atoms with van der Waals surface area (Å²) in [5.41, 5.74) is 1.96. The van der Waals surface area contributed by atoms with Gasteiger partial charge in [-0.05, 0) is 37.3 Å². The highest BCUT2D eigenvalue weighted by Gasteiger charge is 2.23. The zero-order valence-corrected chi connectivity index (χ0v) is 18.1. The molecule has 1 aliphatic rings. The third-order valence-electron chi connectivity index (χ3n) is 4.87. The Hall–Kier alpha value is -4.41. The summed E-state index contributed by atoms with van der Waals surface area (Å²) in [5, 5.41) is 21.8. The normalized spacial score (nSPS) is 13.1. The molecule has 0 atom stereocenters. The molecule has 11 heteroatoms. The number of hydrogen-bond acceptors (Lipinski definition) is 8. The number of imide groups is 1. The Morgan fingerprint density at radius 2 is 1.76 bits per heavy atom. The molecule has 0 fully saturated rings. The highest BCUT2D eigenvalue weighted by molar-refractivity contribution is 6.12. The fourth-order valence-electron chi connectivity index (χ4n) is 3.19. The molecule has 0 bridgehead atoms. The zero-order chi connectivity index (χ0) is 24.0. The van der Waals surface area contributed by atoms with Gasteiger partial charge in [0.15, 0.2) is 0 Å². The first kappa shape index (κ1) is 23.3. The number of nitro groups is 1. The fourth-order valence-corrected chi connectivity index (χ4v) is 3.19. The Kier molecular flexibility index (Phi) is 7.24. The van der Waals surface area contributed by atoms with E-state index in [1.165, 1.54) is 48.2 Å². The van der Waals surface area contributed by atoms with Crippen molar-refractivity contribution in [2.75, 3.05) is 29.9 Å². The van der Waals surface area contributed by atoms with Gasteiger partial charge in [-0.1, -0.05) is 0 Å². The molecule has 0 spiro atoms. The molecule has 0 unspecified atom stereocenters. The van der Waals surface area contributed by atoms with Gasteiger partial charge < -0.3 is 10.2 Å². The maximum atomic E-state index is 11.8. The lowest BCUT2D eigenvalue weighted by Gasteiger charge is -2.26. The van der Waals surface area contributed by atoms with E-state index >= 15 is 0 Å². The molecule has 1 N–H and O–H groups in total. The number of likely N-dealkylation sites (N-methyl/N-ethyl adjacent to an activating group) is 1. The number of nitro benzene ring substituents is 1. The lowest BCUT2D eigenvalue weighted by Crippen LogP contribution is -2.38. The minimum absolute atomic E-state index is 0.0509. The number of carbonyl (C=O) groups excluding carboxylic acids is 3. The van der Waals surface area contributed by atoms with E-state index in [1.54, 1.807) is 18.2 Å². The van der Waals surface area contributed by atoms with Gasteiger partial charge >= 0.3 is 0 Å². The van der Waals surface area contributed by atoms with E-state index in [0.717, 1.165) is 5.69 Å². The minimum atomic E-state index is -0.500. The van der Waals surface area contributed by atoms with E-state index in [1.807, 2.05) is 11.8 Å². The van der Waals surface area contributed by atoms with Crippen molar-refractivity contribution in [3.8, 4) is 0 Å². The molecule has 2 aromatic carbocycles. The van der Waals surface area contributed by atoms with Crippen molar-refractivity contribution >= 4 is 46.2 Å². The largest absolute Gasteiger partial charge is 0.370 e. The summed E-state index contributed by atoms with van der Waals surface area (Å²) >= 11 is 0. The first-order valence-corrected chi connectivity index (χ1v) is 10.1. The molecule has 3 amide bonds. The third-order valence-corrected chi connectivity index (χ3v) is 4.87. The average Bonchev–Trinajstić information content (AvgIpc) is 3.11. The van der Waals surface area contributed by atoms with Crippen LogP contribution in [-0.2, 0) is 14.4 Å². The molecule has 11 nitrogen and oxygen atoms in total. The summed E-state index contributed by atoms with van der Waals surface area (Å²) in [5.74, 6) is -0.963. The van der Waals surface area contributed by atoms with Crippen molar-refractivity contribution < 1.29 is 19.3 Å². The van der Waals surface area contributed by atoms with Crippen LogP contribution in [0.15, 0.2) is 64.8 Å². The molecule has 3 rings (SSSR count). The van der Waals surface area contributed by atoms with Crippen molar-refractivity contribution in [3.05, 3.63) is 64.7 Å². The maximum absolute atomic E-state index is 11.8. The zero-order valence-electron chi connectivity index (χ0n) is 18.1. The summed E-state index contributed by atoms with van der Waals surface area (Å²) in [6.45, 7) is 4.56. The van der Waals surface area contributed by atoms with Crippen LogP contribution in [0.2, 0.25) is 0 Å². The van der Waals surface area contributed by atoms with Crippen LogP contribution in [0, 0.1) is 10.1 Å². The second-order valence-corrected chi connectivity index (χ2v) is 7.10. The van der Waals surface area contributed by atoms with Gasteiger partial charge in [0.05, 0.1) is 16.3 Å². The lowest BCUT2D eigenvalue weighted by atomic mass is 10.2. The Balaban J connectivity index is 1.79. The number of benzene rings is 2. The number of anilines is 2. The van der Waals surface area contributed by atoms with E-state index < -0.39 is 4.92 Å². The molecule has 2 aromatic rings. The number of hydrogen-bond donors (Lipinski definition) is 1. The second kappa shape index (κ2) is 10.3. The lowest BCUT2D eigenvalue weighted by molar-refractivity contribution is -0.384. The number of amides is 3. The summed E-state index contributed by atoms with van der Waals surface area (Å²) in [6, 6.07) is 10.8. The number of nitrogens with zero attached hydrogens (tertiary/aromatic N) is 5. The molecule has 0 radical (unpaired) electrons. The minimum Gasteiger partial charge on any atom is -0.370 e. The Morgan fingerprint density at radius 3 is 2.33 bits per heavy atom. The first-order valence-electron chi connectivity index (χ1n) is 10.1. The van der Waals surface area contributed by atoms with Crippen LogP contribution in [0.1, 0.15) is 13.8 Å². The summed E-state index contributed by atoms with van der Waals surface area (Å²) in [6.07, 6.45) is 2.50. The van der Waals surface area contributed by atoms with Crippen LogP contribution in [0.4, 0.5) is 28.4 Å². The molecule has 1 heterocycles. The Labute approximate surface area is 189 Å². The molecule has 0 saturated heterocycles. The molecule has 1 aliphatic heterocycles. The molecule has 33 heavy (non-hydrogen) atoms. The number of nitrogens with one attached hydrogen (secondary N) is 1. The number of rotatable bonds is 9. The van der Waals surface area contributed by atoms with Crippen molar-refractivity contribution in [2.45, 2.75) is 13.8 Å². The molecule has 0 aromatic heterocycles. The van der Waals surface area contributed by atoms with Crippen LogP contribution in [-0.4, -0.2) is 47.2 Å². The van der Waals surface area contributed by atoms with E-state index in [-0.39, 0.29) is 30.0 Å². The third kappa shape index (κ3) is 5.85. The number of carbonyl (C=O) groups is 3. The standard InChI is InChI=1S/C22H22N6O5/c1-3-26(12-13-27-21(30)10-11-22(27)31)18-8-9-19(20(14-18)23-15(2)29)25-24-16-4-6-17(7-5-16)28(32)33/h4-11,14H,3,12-13H2,1-2H3,(H,23,29). The predicted octanol–water partition coefficient (Wildman–Crippen LogP) is 3.72. The first-order chi connectivity index (χ1) is 15.8. The van der Waals surface area contributed by atoms with Crippen molar-refractivity contribution in [1.82, 2.24) is 4.90 Å². The molecular formula is C22H22N6O5.